The molecule has 7 heteroatoms. The highest BCUT2D eigenvalue weighted by Gasteiger charge is 2.32. The molecule has 0 N–H and O–H groups in total. The predicted octanol–water partition coefficient (Wildman–Crippen LogP) is 2.51. The predicted molar refractivity (Wildman–Crippen MR) is 74.4 cm³/mol. The molecule has 0 radical (unpaired) electrons. The summed E-state index contributed by atoms with van der Waals surface area (Å²) in [5, 5.41) is 15.4. The number of halogens is 1. The second-order valence-corrected chi connectivity index (χ2v) is 5.29. The first-order valence-electron chi connectivity index (χ1n) is 7.03. The van der Waals surface area contributed by atoms with Gasteiger partial charge in [0.1, 0.15) is 5.82 Å². The summed E-state index contributed by atoms with van der Waals surface area (Å²) in [6.07, 6.45) is 6.20. The fraction of sp³-hybridized carbons (Fsp3) is 0.429. The van der Waals surface area contributed by atoms with Crippen molar-refractivity contribution < 1.29 is 9.42 Å². The van der Waals surface area contributed by atoms with Crippen LogP contribution in [0.1, 0.15) is 30.9 Å². The van der Waals surface area contributed by atoms with Crippen molar-refractivity contribution in [2.45, 2.75) is 25.3 Å². The molecule has 1 unspecified atom stereocenters. The quantitative estimate of drug-likeness (QED) is 0.633. The van der Waals surface area contributed by atoms with E-state index in [1.807, 2.05) is 11.1 Å². The average Bonchev–Trinajstić information content (AvgIpc) is 2.97. The van der Waals surface area contributed by atoms with E-state index in [0.717, 1.165) is 36.4 Å². The first kappa shape index (κ1) is 13.8. The minimum absolute atomic E-state index is 0.0609. The van der Waals surface area contributed by atoms with Gasteiger partial charge in [0.2, 0.25) is 0 Å². The maximum Gasteiger partial charge on any atom is 0.168 e. The van der Waals surface area contributed by atoms with E-state index in [1.165, 1.54) is 12.3 Å². The van der Waals surface area contributed by atoms with Crippen LogP contribution in [0.15, 0.2) is 36.7 Å². The molecule has 1 aromatic rings. The van der Waals surface area contributed by atoms with E-state index >= 15 is 0 Å². The van der Waals surface area contributed by atoms with E-state index < -0.39 is 5.03 Å². The minimum atomic E-state index is -0.433. The summed E-state index contributed by atoms with van der Waals surface area (Å²) >= 11 is 0. The number of hydrazine groups is 2. The monoisotopic (exact) mass is 292 g/mol. The zero-order valence-electron chi connectivity index (χ0n) is 11.6. The van der Waals surface area contributed by atoms with Crippen LogP contribution in [0.3, 0.4) is 0 Å². The Labute approximate surface area is 122 Å². The molecule has 1 saturated heterocycles. The fourth-order valence-corrected chi connectivity index (χ4v) is 2.95. The van der Waals surface area contributed by atoms with Gasteiger partial charge in [0.25, 0.3) is 0 Å². The molecule has 112 valence electrons. The molecule has 2 aliphatic rings. The number of hydrogen-bond acceptors (Lipinski definition) is 4. The van der Waals surface area contributed by atoms with Gasteiger partial charge in [-0.3, -0.25) is 5.01 Å². The molecule has 0 bridgehead atoms. The van der Waals surface area contributed by atoms with Crippen LogP contribution in [0.4, 0.5) is 4.39 Å². The largest absolute Gasteiger partial charge is 0.285 e. The van der Waals surface area contributed by atoms with Crippen LogP contribution in [0, 0.1) is 15.9 Å². The van der Waals surface area contributed by atoms with E-state index in [0.29, 0.717) is 0 Å². The zero-order valence-corrected chi connectivity index (χ0v) is 11.6. The topological polar surface area (TPSA) is 52.9 Å². The Morgan fingerprint density at radius 2 is 2.14 bits per heavy atom. The summed E-state index contributed by atoms with van der Waals surface area (Å²) in [6.45, 7) is 1.01. The van der Waals surface area contributed by atoms with E-state index in [2.05, 4.69) is 5.01 Å². The van der Waals surface area contributed by atoms with Gasteiger partial charge < -0.3 is 0 Å². The first-order valence-corrected chi connectivity index (χ1v) is 7.03. The number of rotatable bonds is 3. The van der Waals surface area contributed by atoms with Gasteiger partial charge in [-0.25, -0.2) is 19.5 Å². The lowest BCUT2D eigenvalue weighted by Crippen LogP contribution is -2.46. The summed E-state index contributed by atoms with van der Waals surface area (Å²) in [4.78, 5) is 10.8. The molecule has 0 aromatic heterocycles. The summed E-state index contributed by atoms with van der Waals surface area (Å²) in [6, 6.07) is 6.66. The average molecular weight is 292 g/mol. The SMILES string of the molecule is O=[N+]([O-])N1C=CN(N2CCCCC2c2cccc(F)c2)C1. The van der Waals surface area contributed by atoms with Gasteiger partial charge >= 0.3 is 0 Å². The molecule has 6 nitrogen and oxygen atoms in total. The molecular weight excluding hydrogens is 275 g/mol. The third kappa shape index (κ3) is 2.82. The molecule has 0 amide bonds. The lowest BCUT2D eigenvalue weighted by molar-refractivity contribution is -0.642. The highest BCUT2D eigenvalue weighted by Crippen LogP contribution is 2.33. The number of nitrogens with zero attached hydrogens (tertiary/aromatic N) is 4. The van der Waals surface area contributed by atoms with Crippen LogP contribution in [-0.4, -0.2) is 33.3 Å². The Morgan fingerprint density at radius 3 is 2.86 bits per heavy atom. The smallest absolute Gasteiger partial charge is 0.168 e. The summed E-state index contributed by atoms with van der Waals surface area (Å²) < 4.78 is 13.5. The number of hydrogen-bond donors (Lipinski definition) is 0. The van der Waals surface area contributed by atoms with Gasteiger partial charge in [-0.2, -0.15) is 0 Å². The molecule has 0 spiro atoms. The molecule has 1 aromatic carbocycles. The van der Waals surface area contributed by atoms with Crippen LogP contribution >= 0.6 is 0 Å². The highest BCUT2D eigenvalue weighted by atomic mass is 19.1. The van der Waals surface area contributed by atoms with Crippen molar-refractivity contribution in [1.82, 2.24) is 15.0 Å². The van der Waals surface area contributed by atoms with Crippen molar-refractivity contribution in [1.29, 1.82) is 0 Å². The molecule has 1 atom stereocenters. The third-order valence-corrected chi connectivity index (χ3v) is 3.95. The Balaban J connectivity index is 1.79. The van der Waals surface area contributed by atoms with Gasteiger partial charge in [-0.05, 0) is 30.5 Å². The lowest BCUT2D eigenvalue weighted by atomic mass is 9.96. The van der Waals surface area contributed by atoms with Gasteiger partial charge in [0.15, 0.2) is 11.7 Å². The molecule has 2 heterocycles. The Bertz CT molecular complexity index is 566. The highest BCUT2D eigenvalue weighted by molar-refractivity contribution is 5.20. The minimum Gasteiger partial charge on any atom is -0.285 e. The van der Waals surface area contributed by atoms with E-state index in [1.54, 1.807) is 18.3 Å². The summed E-state index contributed by atoms with van der Waals surface area (Å²) in [5.74, 6) is -0.248. The molecule has 0 saturated carbocycles. The van der Waals surface area contributed by atoms with Crippen molar-refractivity contribution >= 4 is 0 Å². The van der Waals surface area contributed by atoms with E-state index in [4.69, 9.17) is 0 Å². The molecule has 21 heavy (non-hydrogen) atoms. The second kappa shape index (κ2) is 5.69. The molecule has 2 aliphatic heterocycles. The van der Waals surface area contributed by atoms with Gasteiger partial charge in [0, 0.05) is 12.7 Å². The van der Waals surface area contributed by atoms with Gasteiger partial charge in [-0.1, -0.05) is 23.6 Å². The van der Waals surface area contributed by atoms with Crippen LogP contribution in [-0.2, 0) is 0 Å². The van der Waals surface area contributed by atoms with Gasteiger partial charge in [-0.15, -0.1) is 0 Å². The van der Waals surface area contributed by atoms with Crippen LogP contribution in [0.25, 0.3) is 0 Å². The Hall–Kier alpha value is -2.15. The maximum absolute atomic E-state index is 13.5. The van der Waals surface area contributed by atoms with E-state index in [-0.39, 0.29) is 18.5 Å². The normalized spacial score (nSPS) is 22.8. The number of benzene rings is 1. The van der Waals surface area contributed by atoms with Crippen LogP contribution in [0.5, 0.6) is 0 Å². The maximum atomic E-state index is 13.5. The Morgan fingerprint density at radius 1 is 1.29 bits per heavy atom. The third-order valence-electron chi connectivity index (χ3n) is 3.95. The zero-order chi connectivity index (χ0) is 14.8. The van der Waals surface area contributed by atoms with Crippen molar-refractivity contribution in [3.8, 4) is 0 Å². The molecule has 0 aliphatic carbocycles. The fourth-order valence-electron chi connectivity index (χ4n) is 2.95. The standard InChI is InChI=1S/C14H17FN4O2/c15-13-5-3-4-12(10-13)14-6-1-2-7-18(14)16-8-9-17(11-16)19(20)21/h3-5,8-10,14H,1-2,6-7,11H2. The second-order valence-electron chi connectivity index (χ2n) is 5.29. The van der Waals surface area contributed by atoms with Gasteiger partial charge in [0.05, 0.1) is 12.2 Å². The van der Waals surface area contributed by atoms with Crippen molar-refractivity contribution in [2.24, 2.45) is 0 Å². The lowest BCUT2D eigenvalue weighted by Gasteiger charge is -2.41. The van der Waals surface area contributed by atoms with E-state index in [9.17, 15) is 14.5 Å². The summed E-state index contributed by atoms with van der Waals surface area (Å²) in [5.41, 5.74) is 0.919. The molecule has 3 rings (SSSR count). The molecule has 1 fully saturated rings. The molecular formula is C14H17FN4O2. The number of nitro groups is 1. The summed E-state index contributed by atoms with van der Waals surface area (Å²) in [7, 11) is 0. The first-order chi connectivity index (χ1) is 10.1. The van der Waals surface area contributed by atoms with Crippen molar-refractivity contribution in [3.05, 3.63) is 58.2 Å². The van der Waals surface area contributed by atoms with Crippen molar-refractivity contribution in [3.63, 3.8) is 0 Å². The van der Waals surface area contributed by atoms with Crippen molar-refractivity contribution in [2.75, 3.05) is 13.2 Å². The van der Waals surface area contributed by atoms with Crippen LogP contribution in [0.2, 0.25) is 0 Å². The number of piperidine rings is 1. The van der Waals surface area contributed by atoms with Crippen LogP contribution < -0.4 is 0 Å². The Kier molecular flexibility index (Phi) is 3.74.